The van der Waals surface area contributed by atoms with E-state index in [1.54, 1.807) is 12.1 Å². The Balaban J connectivity index is 1.27. The minimum atomic E-state index is -0.357. The molecule has 8 nitrogen and oxygen atoms in total. The summed E-state index contributed by atoms with van der Waals surface area (Å²) in [4.78, 5) is 20.8. The topological polar surface area (TPSA) is 95.6 Å². The van der Waals surface area contributed by atoms with Gasteiger partial charge in [0.15, 0.2) is 0 Å². The highest BCUT2D eigenvalue weighted by molar-refractivity contribution is 5.88. The van der Waals surface area contributed by atoms with E-state index in [1.165, 1.54) is 12.3 Å². The van der Waals surface area contributed by atoms with E-state index in [-0.39, 0.29) is 27.9 Å². The van der Waals surface area contributed by atoms with E-state index in [0.717, 1.165) is 64.0 Å². The molecule has 1 aliphatic heterocycles. The molecular weight excluding hydrogens is 424 g/mol. The minimum Gasteiger partial charge on any atom is -0.508 e. The Labute approximate surface area is 192 Å². The van der Waals surface area contributed by atoms with E-state index in [1.807, 2.05) is 24.1 Å². The minimum absolute atomic E-state index is 0.0462. The van der Waals surface area contributed by atoms with Gasteiger partial charge in [-0.15, -0.1) is 0 Å². The number of rotatable bonds is 9. The van der Waals surface area contributed by atoms with Crippen LogP contribution in [0.2, 0.25) is 0 Å². The molecule has 0 unspecified atom stereocenters. The molecule has 3 aromatic rings. The van der Waals surface area contributed by atoms with Crippen molar-refractivity contribution in [2.24, 2.45) is 0 Å². The summed E-state index contributed by atoms with van der Waals surface area (Å²) in [6.07, 6.45) is 3.38. The molecule has 1 saturated heterocycles. The Morgan fingerprint density at radius 1 is 1.03 bits per heavy atom. The Morgan fingerprint density at radius 2 is 1.79 bits per heavy atom. The predicted octanol–water partition coefficient (Wildman–Crippen LogP) is 3.60. The van der Waals surface area contributed by atoms with Gasteiger partial charge in [0, 0.05) is 38.3 Å². The largest absolute Gasteiger partial charge is 0.508 e. The van der Waals surface area contributed by atoms with Crippen LogP contribution in [-0.4, -0.2) is 66.1 Å². The molecule has 2 heterocycles. The van der Waals surface area contributed by atoms with Gasteiger partial charge in [-0.25, -0.2) is 0 Å². The standard InChI is InChI=1S/C25H30N2O6/c1-2-33-27-12-10-26(11-13-27)9-3-4-14-31-20-7-5-18(6-8-20)21-17-32-23-16-19(28)15-22(29)24(23)25(21)30/h5-8,15-17,28-29H,2-4,9-14H2,1H3. The number of nitrogens with zero attached hydrogens (tertiary/aromatic N) is 2. The van der Waals surface area contributed by atoms with Crippen LogP contribution in [-0.2, 0) is 4.84 Å². The summed E-state index contributed by atoms with van der Waals surface area (Å²) < 4.78 is 11.3. The van der Waals surface area contributed by atoms with E-state index in [0.29, 0.717) is 17.7 Å². The van der Waals surface area contributed by atoms with E-state index in [9.17, 15) is 15.0 Å². The number of hydrogen-bond acceptors (Lipinski definition) is 8. The molecule has 1 fully saturated rings. The number of fused-ring (bicyclic) bond motifs is 1. The SMILES string of the molecule is CCON1CCN(CCCCOc2ccc(-c3coc4cc(O)cc(O)c4c3=O)cc2)CC1. The lowest BCUT2D eigenvalue weighted by Crippen LogP contribution is -2.46. The average molecular weight is 455 g/mol. The van der Waals surface area contributed by atoms with Gasteiger partial charge in [0.25, 0.3) is 0 Å². The van der Waals surface area contributed by atoms with Crippen molar-refractivity contribution in [2.45, 2.75) is 19.8 Å². The second kappa shape index (κ2) is 10.7. The van der Waals surface area contributed by atoms with Crippen LogP contribution in [0.4, 0.5) is 0 Å². The zero-order valence-electron chi connectivity index (χ0n) is 18.8. The third kappa shape index (κ3) is 5.65. The monoisotopic (exact) mass is 454 g/mol. The fourth-order valence-corrected chi connectivity index (χ4v) is 4.04. The summed E-state index contributed by atoms with van der Waals surface area (Å²) in [6, 6.07) is 9.66. The number of piperazine rings is 1. The molecule has 33 heavy (non-hydrogen) atoms. The molecule has 0 spiro atoms. The summed E-state index contributed by atoms with van der Waals surface area (Å²) >= 11 is 0. The van der Waals surface area contributed by atoms with E-state index >= 15 is 0 Å². The fourth-order valence-electron chi connectivity index (χ4n) is 4.04. The average Bonchev–Trinajstić information content (AvgIpc) is 2.80. The number of unbranched alkanes of at least 4 members (excludes halogenated alkanes) is 1. The zero-order valence-corrected chi connectivity index (χ0v) is 18.8. The van der Waals surface area contributed by atoms with Gasteiger partial charge in [-0.05, 0) is 44.0 Å². The third-order valence-corrected chi connectivity index (χ3v) is 5.79. The first kappa shape index (κ1) is 23.1. The molecule has 0 saturated carbocycles. The number of phenols is 2. The van der Waals surface area contributed by atoms with Gasteiger partial charge in [-0.3, -0.25) is 9.63 Å². The summed E-state index contributed by atoms with van der Waals surface area (Å²) in [5.74, 6) is 0.264. The van der Waals surface area contributed by atoms with Crippen molar-refractivity contribution in [1.29, 1.82) is 0 Å². The molecule has 1 aliphatic rings. The molecule has 176 valence electrons. The molecule has 1 aromatic heterocycles. The van der Waals surface area contributed by atoms with Crippen molar-refractivity contribution >= 4 is 11.0 Å². The molecule has 4 rings (SSSR count). The molecular formula is C25H30N2O6. The van der Waals surface area contributed by atoms with Gasteiger partial charge in [-0.1, -0.05) is 12.1 Å². The van der Waals surface area contributed by atoms with Gasteiger partial charge >= 0.3 is 0 Å². The van der Waals surface area contributed by atoms with E-state index in [2.05, 4.69) is 4.90 Å². The van der Waals surface area contributed by atoms with Crippen molar-refractivity contribution in [2.75, 3.05) is 45.9 Å². The smallest absolute Gasteiger partial charge is 0.204 e. The van der Waals surface area contributed by atoms with E-state index in [4.69, 9.17) is 14.0 Å². The Bertz CT molecular complexity index is 1120. The lowest BCUT2D eigenvalue weighted by Gasteiger charge is -2.33. The Kier molecular flexibility index (Phi) is 7.49. The van der Waals surface area contributed by atoms with Crippen LogP contribution < -0.4 is 10.2 Å². The maximum absolute atomic E-state index is 12.8. The first-order valence-corrected chi connectivity index (χ1v) is 11.4. The van der Waals surface area contributed by atoms with Crippen molar-refractivity contribution in [3.63, 3.8) is 0 Å². The van der Waals surface area contributed by atoms with Crippen molar-refractivity contribution in [1.82, 2.24) is 9.96 Å². The highest BCUT2D eigenvalue weighted by Crippen LogP contribution is 2.30. The summed E-state index contributed by atoms with van der Waals surface area (Å²) in [5.41, 5.74) is 0.776. The number of benzene rings is 2. The van der Waals surface area contributed by atoms with Gasteiger partial charge in [-0.2, -0.15) is 5.06 Å². The molecule has 2 N–H and O–H groups in total. The number of phenolic OH excluding ortho intramolecular Hbond substituents is 2. The lowest BCUT2D eigenvalue weighted by atomic mass is 10.0. The number of ether oxygens (including phenoxy) is 1. The summed E-state index contributed by atoms with van der Waals surface area (Å²) in [6.45, 7) is 8.40. The number of hydroxylamine groups is 2. The van der Waals surface area contributed by atoms with Crippen LogP contribution in [0.1, 0.15) is 19.8 Å². The van der Waals surface area contributed by atoms with Crippen LogP contribution in [0.25, 0.3) is 22.1 Å². The maximum atomic E-state index is 12.8. The molecule has 0 aliphatic carbocycles. The zero-order chi connectivity index (χ0) is 23.2. The number of aromatic hydroxyl groups is 2. The molecule has 0 atom stereocenters. The Morgan fingerprint density at radius 3 is 2.52 bits per heavy atom. The molecule has 0 amide bonds. The highest BCUT2D eigenvalue weighted by atomic mass is 16.7. The first-order chi connectivity index (χ1) is 16.0. The van der Waals surface area contributed by atoms with Gasteiger partial charge in [0.1, 0.15) is 34.5 Å². The normalized spacial score (nSPS) is 15.2. The van der Waals surface area contributed by atoms with Crippen LogP contribution in [0.15, 0.2) is 51.9 Å². The maximum Gasteiger partial charge on any atom is 0.204 e. The van der Waals surface area contributed by atoms with Gasteiger partial charge in [0.05, 0.1) is 18.8 Å². The van der Waals surface area contributed by atoms with E-state index < -0.39 is 0 Å². The highest BCUT2D eigenvalue weighted by Gasteiger charge is 2.16. The molecule has 0 radical (unpaired) electrons. The summed E-state index contributed by atoms with van der Waals surface area (Å²) in [5, 5.41) is 21.7. The molecule has 8 heteroatoms. The second-order valence-electron chi connectivity index (χ2n) is 8.08. The first-order valence-electron chi connectivity index (χ1n) is 11.4. The van der Waals surface area contributed by atoms with Crippen molar-refractivity contribution in [3.05, 3.63) is 52.9 Å². The van der Waals surface area contributed by atoms with Crippen molar-refractivity contribution in [3.8, 4) is 28.4 Å². The quantitative estimate of drug-likeness (QED) is 0.474. The van der Waals surface area contributed by atoms with Crippen LogP contribution in [0, 0.1) is 0 Å². The Hall–Kier alpha value is -3.07. The van der Waals surface area contributed by atoms with Gasteiger partial charge < -0.3 is 24.3 Å². The fraction of sp³-hybridized carbons (Fsp3) is 0.400. The van der Waals surface area contributed by atoms with Crippen LogP contribution in [0.5, 0.6) is 17.2 Å². The third-order valence-electron chi connectivity index (χ3n) is 5.79. The molecule has 0 bridgehead atoms. The number of hydrogen-bond donors (Lipinski definition) is 2. The van der Waals surface area contributed by atoms with Crippen LogP contribution >= 0.6 is 0 Å². The van der Waals surface area contributed by atoms with Crippen LogP contribution in [0.3, 0.4) is 0 Å². The molecule has 2 aromatic carbocycles. The van der Waals surface area contributed by atoms with Crippen molar-refractivity contribution < 1.29 is 24.2 Å². The lowest BCUT2D eigenvalue weighted by molar-refractivity contribution is -0.172. The summed E-state index contributed by atoms with van der Waals surface area (Å²) in [7, 11) is 0. The second-order valence-corrected chi connectivity index (χ2v) is 8.08. The van der Waals surface area contributed by atoms with Gasteiger partial charge in [0.2, 0.25) is 5.43 Å². The predicted molar refractivity (Wildman–Crippen MR) is 126 cm³/mol.